The van der Waals surface area contributed by atoms with Crippen LogP contribution in [0.25, 0.3) is 0 Å². The molecule has 3 heteroatoms. The zero-order chi connectivity index (χ0) is 14.8. The molecular formula is C17H24N2O. The number of hydrogen-bond donors (Lipinski definition) is 1. The maximum atomic E-state index is 12.8. The van der Waals surface area contributed by atoms with Crippen LogP contribution in [0.2, 0.25) is 0 Å². The van der Waals surface area contributed by atoms with E-state index in [0.717, 1.165) is 12.1 Å². The predicted octanol–water partition coefficient (Wildman–Crippen LogP) is 3.08. The lowest BCUT2D eigenvalue weighted by atomic mass is 9.91. The number of carbonyl (C=O) groups is 1. The Morgan fingerprint density at radius 3 is 2.80 bits per heavy atom. The fraction of sp³-hybridized carbons (Fsp3) is 0.471. The Morgan fingerprint density at radius 1 is 1.45 bits per heavy atom. The zero-order valence-corrected chi connectivity index (χ0v) is 12.6. The van der Waals surface area contributed by atoms with Gasteiger partial charge in [0.2, 0.25) is 5.91 Å². The first-order valence-electron chi connectivity index (χ1n) is 7.17. The fourth-order valence-electron chi connectivity index (χ4n) is 2.66. The van der Waals surface area contributed by atoms with Gasteiger partial charge in [-0.25, -0.2) is 0 Å². The first-order valence-corrected chi connectivity index (χ1v) is 7.17. The topological polar surface area (TPSA) is 32.3 Å². The summed E-state index contributed by atoms with van der Waals surface area (Å²) in [5, 5.41) is 3.37. The van der Waals surface area contributed by atoms with Gasteiger partial charge in [0.25, 0.3) is 0 Å². The second-order valence-electron chi connectivity index (χ2n) is 6.35. The van der Waals surface area contributed by atoms with Crippen LogP contribution in [0.15, 0.2) is 36.9 Å². The number of fused-ring (bicyclic) bond motifs is 1. The van der Waals surface area contributed by atoms with E-state index in [0.29, 0.717) is 13.1 Å². The third-order valence-electron chi connectivity index (χ3n) is 3.76. The standard InChI is InChI=1S/C17H24N2O/c1-5-10-19(17(2,3)4)16(20)14-11-13-8-6-7-9-15(13)18-12-14/h5-9,14,18H,1,10-12H2,2-4H3. The van der Waals surface area contributed by atoms with Gasteiger partial charge in [0.1, 0.15) is 0 Å². The van der Waals surface area contributed by atoms with Gasteiger partial charge in [-0.15, -0.1) is 6.58 Å². The van der Waals surface area contributed by atoms with Crippen molar-refractivity contribution in [3.63, 3.8) is 0 Å². The third kappa shape index (κ3) is 3.03. The summed E-state index contributed by atoms with van der Waals surface area (Å²) in [6.45, 7) is 11.3. The summed E-state index contributed by atoms with van der Waals surface area (Å²) < 4.78 is 0. The molecular weight excluding hydrogens is 248 g/mol. The van der Waals surface area contributed by atoms with Gasteiger partial charge >= 0.3 is 0 Å². The van der Waals surface area contributed by atoms with Crippen LogP contribution in [0.1, 0.15) is 26.3 Å². The zero-order valence-electron chi connectivity index (χ0n) is 12.6. The van der Waals surface area contributed by atoms with Crippen molar-refractivity contribution in [2.24, 2.45) is 5.92 Å². The van der Waals surface area contributed by atoms with Crippen LogP contribution in [0.5, 0.6) is 0 Å². The van der Waals surface area contributed by atoms with E-state index in [9.17, 15) is 4.79 Å². The van der Waals surface area contributed by atoms with Crippen molar-refractivity contribution in [1.29, 1.82) is 0 Å². The molecule has 1 atom stereocenters. The molecule has 1 aliphatic heterocycles. The molecule has 20 heavy (non-hydrogen) atoms. The Hall–Kier alpha value is -1.77. The average Bonchev–Trinajstić information content (AvgIpc) is 2.42. The van der Waals surface area contributed by atoms with Crippen molar-refractivity contribution < 1.29 is 4.79 Å². The van der Waals surface area contributed by atoms with Crippen LogP contribution in [0.4, 0.5) is 5.69 Å². The minimum atomic E-state index is -0.178. The van der Waals surface area contributed by atoms with Crippen molar-refractivity contribution >= 4 is 11.6 Å². The Bertz CT molecular complexity index is 502. The molecule has 1 aliphatic rings. The van der Waals surface area contributed by atoms with Crippen molar-refractivity contribution in [3.05, 3.63) is 42.5 Å². The normalized spacial score (nSPS) is 17.9. The smallest absolute Gasteiger partial charge is 0.228 e. The first-order chi connectivity index (χ1) is 9.43. The van der Waals surface area contributed by atoms with Crippen molar-refractivity contribution in [2.75, 3.05) is 18.4 Å². The molecule has 1 unspecified atom stereocenters. The molecule has 0 spiro atoms. The Labute approximate surface area is 121 Å². The number of nitrogens with zero attached hydrogens (tertiary/aromatic N) is 1. The third-order valence-corrected chi connectivity index (χ3v) is 3.76. The maximum Gasteiger partial charge on any atom is 0.228 e. The van der Waals surface area contributed by atoms with Gasteiger partial charge in [-0.2, -0.15) is 0 Å². The number of anilines is 1. The second-order valence-corrected chi connectivity index (χ2v) is 6.35. The summed E-state index contributed by atoms with van der Waals surface area (Å²) in [5.74, 6) is 0.212. The summed E-state index contributed by atoms with van der Waals surface area (Å²) >= 11 is 0. The number of benzene rings is 1. The van der Waals surface area contributed by atoms with E-state index in [1.807, 2.05) is 17.0 Å². The van der Waals surface area contributed by atoms with Crippen LogP contribution >= 0.6 is 0 Å². The quantitative estimate of drug-likeness (QED) is 0.858. The number of rotatable bonds is 3. The van der Waals surface area contributed by atoms with Crippen LogP contribution in [-0.2, 0) is 11.2 Å². The van der Waals surface area contributed by atoms with Crippen LogP contribution in [0.3, 0.4) is 0 Å². The second kappa shape index (κ2) is 5.70. The highest BCUT2D eigenvalue weighted by atomic mass is 16.2. The fourth-order valence-corrected chi connectivity index (χ4v) is 2.66. The summed E-state index contributed by atoms with van der Waals surface area (Å²) in [5.41, 5.74) is 2.20. The van der Waals surface area contributed by atoms with E-state index in [1.54, 1.807) is 6.08 Å². The highest BCUT2D eigenvalue weighted by molar-refractivity contribution is 5.81. The van der Waals surface area contributed by atoms with Crippen LogP contribution in [0, 0.1) is 5.92 Å². The Kier molecular flexibility index (Phi) is 4.17. The van der Waals surface area contributed by atoms with Gasteiger partial charge in [-0.3, -0.25) is 4.79 Å². The lowest BCUT2D eigenvalue weighted by Crippen LogP contribution is -2.50. The van der Waals surface area contributed by atoms with E-state index in [4.69, 9.17) is 0 Å². The molecule has 0 saturated heterocycles. The lowest BCUT2D eigenvalue weighted by molar-refractivity contribution is -0.139. The highest BCUT2D eigenvalue weighted by Gasteiger charge is 2.32. The van der Waals surface area contributed by atoms with Gasteiger partial charge < -0.3 is 10.2 Å². The molecule has 0 aliphatic carbocycles. The number of nitrogens with one attached hydrogen (secondary N) is 1. The van der Waals surface area contributed by atoms with Crippen molar-refractivity contribution in [2.45, 2.75) is 32.7 Å². The van der Waals surface area contributed by atoms with Gasteiger partial charge in [0.15, 0.2) is 0 Å². The molecule has 3 nitrogen and oxygen atoms in total. The van der Waals surface area contributed by atoms with Gasteiger partial charge in [0, 0.05) is 24.3 Å². The molecule has 0 saturated carbocycles. The molecule has 0 radical (unpaired) electrons. The van der Waals surface area contributed by atoms with E-state index in [1.165, 1.54) is 5.56 Å². The van der Waals surface area contributed by atoms with E-state index in [-0.39, 0.29) is 17.4 Å². The molecule has 2 rings (SSSR count). The van der Waals surface area contributed by atoms with Gasteiger partial charge in [0.05, 0.1) is 5.92 Å². The minimum absolute atomic E-state index is 0.00377. The van der Waals surface area contributed by atoms with E-state index in [2.05, 4.69) is 44.8 Å². The van der Waals surface area contributed by atoms with E-state index >= 15 is 0 Å². The van der Waals surface area contributed by atoms with Crippen LogP contribution < -0.4 is 5.32 Å². The monoisotopic (exact) mass is 272 g/mol. The number of amides is 1. The largest absolute Gasteiger partial charge is 0.384 e. The number of carbonyl (C=O) groups excluding carboxylic acids is 1. The summed E-state index contributed by atoms with van der Waals surface area (Å²) in [7, 11) is 0. The number of hydrogen-bond acceptors (Lipinski definition) is 2. The van der Waals surface area contributed by atoms with Crippen molar-refractivity contribution in [3.8, 4) is 0 Å². The molecule has 1 aromatic rings. The maximum absolute atomic E-state index is 12.8. The average molecular weight is 272 g/mol. The molecule has 1 heterocycles. The minimum Gasteiger partial charge on any atom is -0.384 e. The summed E-state index contributed by atoms with van der Waals surface area (Å²) in [4.78, 5) is 14.7. The SMILES string of the molecule is C=CCN(C(=O)C1CNc2ccccc2C1)C(C)(C)C. The summed E-state index contributed by atoms with van der Waals surface area (Å²) in [6.07, 6.45) is 2.61. The molecule has 1 aromatic carbocycles. The molecule has 108 valence electrons. The van der Waals surface area contributed by atoms with Gasteiger partial charge in [-0.05, 0) is 38.8 Å². The molecule has 0 aromatic heterocycles. The molecule has 1 N–H and O–H groups in total. The molecule has 0 fully saturated rings. The molecule has 1 amide bonds. The highest BCUT2D eigenvalue weighted by Crippen LogP contribution is 2.27. The molecule has 0 bridgehead atoms. The van der Waals surface area contributed by atoms with Crippen LogP contribution in [-0.4, -0.2) is 29.4 Å². The Morgan fingerprint density at radius 2 is 2.15 bits per heavy atom. The van der Waals surface area contributed by atoms with Crippen molar-refractivity contribution in [1.82, 2.24) is 4.90 Å². The van der Waals surface area contributed by atoms with E-state index < -0.39 is 0 Å². The predicted molar refractivity (Wildman–Crippen MR) is 83.8 cm³/mol. The first kappa shape index (κ1) is 14.6. The number of para-hydroxylation sites is 1. The lowest BCUT2D eigenvalue weighted by Gasteiger charge is -2.38. The Balaban J connectivity index is 2.16. The van der Waals surface area contributed by atoms with Gasteiger partial charge in [-0.1, -0.05) is 24.3 Å². The summed E-state index contributed by atoms with van der Waals surface area (Å²) in [6, 6.07) is 8.21.